The van der Waals surface area contributed by atoms with Gasteiger partial charge in [0.25, 0.3) is 5.91 Å². The van der Waals surface area contributed by atoms with Gasteiger partial charge >= 0.3 is 0 Å². The number of nitrogen functional groups attached to an aromatic ring is 1. The predicted molar refractivity (Wildman–Crippen MR) is 82.1 cm³/mol. The molecule has 0 aliphatic heterocycles. The molecule has 0 atom stereocenters. The van der Waals surface area contributed by atoms with E-state index >= 15 is 0 Å². The Balaban J connectivity index is 2.26. The summed E-state index contributed by atoms with van der Waals surface area (Å²) >= 11 is 6.03. The second-order valence-corrected chi connectivity index (χ2v) is 4.79. The molecular formula is C15H13ClN4O. The molecule has 1 aromatic heterocycles. The third kappa shape index (κ3) is 3.50. The van der Waals surface area contributed by atoms with Gasteiger partial charge in [0.2, 0.25) is 0 Å². The van der Waals surface area contributed by atoms with E-state index in [9.17, 15) is 4.79 Å². The van der Waals surface area contributed by atoms with E-state index in [2.05, 4.69) is 10.3 Å². The molecule has 106 valence electrons. The average Bonchev–Trinajstić information content (AvgIpc) is 2.48. The number of benzene rings is 1. The van der Waals surface area contributed by atoms with Crippen molar-refractivity contribution in [1.82, 2.24) is 4.98 Å². The average molecular weight is 301 g/mol. The quantitative estimate of drug-likeness (QED) is 0.911. The van der Waals surface area contributed by atoms with Crippen LogP contribution in [0.5, 0.6) is 0 Å². The summed E-state index contributed by atoms with van der Waals surface area (Å²) in [5.74, 6) is -0.0316. The normalized spacial score (nSPS) is 9.95. The van der Waals surface area contributed by atoms with Crippen LogP contribution in [0.25, 0.3) is 0 Å². The number of pyridine rings is 1. The van der Waals surface area contributed by atoms with E-state index in [4.69, 9.17) is 22.6 Å². The maximum absolute atomic E-state index is 12.2. The van der Waals surface area contributed by atoms with Crippen molar-refractivity contribution < 1.29 is 4.79 Å². The number of hydrogen-bond donors (Lipinski definition) is 2. The lowest BCUT2D eigenvalue weighted by molar-refractivity contribution is 0.102. The number of aryl methyl sites for hydroxylation is 1. The molecule has 3 N–H and O–H groups in total. The van der Waals surface area contributed by atoms with Gasteiger partial charge in [0, 0.05) is 11.3 Å². The highest BCUT2D eigenvalue weighted by atomic mass is 35.5. The Morgan fingerprint density at radius 1 is 1.43 bits per heavy atom. The molecule has 0 aliphatic carbocycles. The van der Waals surface area contributed by atoms with E-state index < -0.39 is 0 Å². The molecule has 2 aromatic rings. The number of rotatable bonds is 3. The van der Waals surface area contributed by atoms with Crippen LogP contribution >= 0.6 is 11.6 Å². The number of amides is 1. The topological polar surface area (TPSA) is 91.8 Å². The van der Waals surface area contributed by atoms with Gasteiger partial charge in [-0.15, -0.1) is 0 Å². The third-order valence-electron chi connectivity index (χ3n) is 2.87. The Hall–Kier alpha value is -2.58. The van der Waals surface area contributed by atoms with Crippen LogP contribution in [0.2, 0.25) is 5.02 Å². The van der Waals surface area contributed by atoms with Crippen LogP contribution in [-0.2, 0) is 6.42 Å². The molecule has 2 rings (SSSR count). The van der Waals surface area contributed by atoms with Crippen LogP contribution < -0.4 is 11.1 Å². The summed E-state index contributed by atoms with van der Waals surface area (Å²) in [5, 5.41) is 11.8. The maximum atomic E-state index is 12.2. The molecule has 0 saturated heterocycles. The van der Waals surface area contributed by atoms with Crippen LogP contribution in [0.4, 0.5) is 11.5 Å². The number of hydrogen-bond acceptors (Lipinski definition) is 4. The minimum atomic E-state index is -0.328. The molecule has 21 heavy (non-hydrogen) atoms. The number of nitrogens with zero attached hydrogens (tertiary/aromatic N) is 2. The van der Waals surface area contributed by atoms with E-state index in [1.807, 2.05) is 13.0 Å². The summed E-state index contributed by atoms with van der Waals surface area (Å²) in [4.78, 5) is 16.3. The van der Waals surface area contributed by atoms with E-state index in [1.54, 1.807) is 18.2 Å². The standard InChI is InChI=1S/C15H13ClN4O/c1-2-11-6-10(7-14(18)19-11)15(21)20-13-4-3-9(8-17)5-12(13)16/h3-7H,2H2,1H3,(H2,18,19)(H,20,21). The van der Waals surface area contributed by atoms with Crippen LogP contribution in [0.1, 0.15) is 28.5 Å². The van der Waals surface area contributed by atoms with E-state index in [-0.39, 0.29) is 5.91 Å². The zero-order chi connectivity index (χ0) is 15.4. The van der Waals surface area contributed by atoms with E-state index in [1.165, 1.54) is 12.1 Å². The lowest BCUT2D eigenvalue weighted by Crippen LogP contribution is -2.13. The maximum Gasteiger partial charge on any atom is 0.255 e. The fourth-order valence-corrected chi connectivity index (χ4v) is 2.03. The SMILES string of the molecule is CCc1cc(C(=O)Nc2ccc(C#N)cc2Cl)cc(N)n1. The molecule has 0 unspecified atom stereocenters. The molecule has 1 amide bonds. The van der Waals surface area contributed by atoms with E-state index in [0.717, 1.165) is 5.69 Å². The first-order chi connectivity index (χ1) is 10.0. The van der Waals surface area contributed by atoms with Crippen molar-refractivity contribution in [3.05, 3.63) is 52.2 Å². The van der Waals surface area contributed by atoms with Gasteiger partial charge in [0.1, 0.15) is 5.82 Å². The lowest BCUT2D eigenvalue weighted by Gasteiger charge is -2.09. The van der Waals surface area contributed by atoms with Gasteiger partial charge < -0.3 is 11.1 Å². The minimum absolute atomic E-state index is 0.297. The third-order valence-corrected chi connectivity index (χ3v) is 3.18. The van der Waals surface area contributed by atoms with Crippen molar-refractivity contribution in [2.75, 3.05) is 11.1 Å². The number of anilines is 2. The van der Waals surface area contributed by atoms with Crippen molar-refractivity contribution >= 4 is 29.0 Å². The molecule has 0 aliphatic rings. The summed E-state index contributed by atoms with van der Waals surface area (Å²) in [6.07, 6.45) is 0.683. The number of carbonyl (C=O) groups excluding carboxylic acids is 1. The summed E-state index contributed by atoms with van der Waals surface area (Å²) in [6.45, 7) is 1.93. The first-order valence-corrected chi connectivity index (χ1v) is 6.68. The molecule has 0 saturated carbocycles. The number of halogens is 1. The van der Waals surface area contributed by atoms with Crippen molar-refractivity contribution in [1.29, 1.82) is 5.26 Å². The number of aromatic nitrogens is 1. The summed E-state index contributed by atoms with van der Waals surface area (Å²) in [7, 11) is 0. The number of nitriles is 1. The monoisotopic (exact) mass is 300 g/mol. The molecule has 6 heteroatoms. The molecule has 1 aromatic carbocycles. The first-order valence-electron chi connectivity index (χ1n) is 6.31. The zero-order valence-electron chi connectivity index (χ0n) is 11.4. The van der Waals surface area contributed by atoms with Gasteiger partial charge in [-0.25, -0.2) is 4.98 Å². The summed E-state index contributed by atoms with van der Waals surface area (Å²) in [5.41, 5.74) is 7.71. The molecule has 5 nitrogen and oxygen atoms in total. The van der Waals surface area contributed by atoms with Gasteiger partial charge in [-0.3, -0.25) is 4.79 Å². The van der Waals surface area contributed by atoms with Crippen molar-refractivity contribution in [3.63, 3.8) is 0 Å². The molecule has 0 radical (unpaired) electrons. The first kappa shape index (κ1) is 14.8. The summed E-state index contributed by atoms with van der Waals surface area (Å²) in [6, 6.07) is 9.84. The van der Waals surface area contributed by atoms with Crippen LogP contribution in [0.3, 0.4) is 0 Å². The minimum Gasteiger partial charge on any atom is -0.384 e. The van der Waals surface area contributed by atoms with Gasteiger partial charge in [-0.2, -0.15) is 5.26 Å². The fraction of sp³-hybridized carbons (Fsp3) is 0.133. The highest BCUT2D eigenvalue weighted by Gasteiger charge is 2.11. The Morgan fingerprint density at radius 3 is 2.81 bits per heavy atom. The van der Waals surface area contributed by atoms with Crippen molar-refractivity contribution in [3.8, 4) is 6.07 Å². The second-order valence-electron chi connectivity index (χ2n) is 4.39. The van der Waals surface area contributed by atoms with Crippen LogP contribution in [-0.4, -0.2) is 10.9 Å². The van der Waals surface area contributed by atoms with Crippen molar-refractivity contribution in [2.24, 2.45) is 0 Å². The largest absolute Gasteiger partial charge is 0.384 e. The number of nitrogens with two attached hydrogens (primary N) is 1. The predicted octanol–water partition coefficient (Wildman–Crippen LogP) is 3.00. The Kier molecular flexibility index (Phi) is 4.41. The number of nitrogens with one attached hydrogen (secondary N) is 1. The Labute approximate surface area is 127 Å². The van der Waals surface area contributed by atoms with Gasteiger partial charge in [-0.1, -0.05) is 18.5 Å². The molecule has 0 fully saturated rings. The molecule has 1 heterocycles. The highest BCUT2D eigenvalue weighted by molar-refractivity contribution is 6.34. The van der Waals surface area contributed by atoms with E-state index in [0.29, 0.717) is 34.1 Å². The van der Waals surface area contributed by atoms with Crippen molar-refractivity contribution in [2.45, 2.75) is 13.3 Å². The van der Waals surface area contributed by atoms with Crippen LogP contribution in [0.15, 0.2) is 30.3 Å². The molecule has 0 bridgehead atoms. The van der Waals surface area contributed by atoms with Crippen LogP contribution in [0, 0.1) is 11.3 Å². The summed E-state index contributed by atoms with van der Waals surface area (Å²) < 4.78 is 0. The van der Waals surface area contributed by atoms with Gasteiger partial charge in [0.05, 0.1) is 22.3 Å². The fourth-order valence-electron chi connectivity index (χ4n) is 1.80. The lowest BCUT2D eigenvalue weighted by atomic mass is 10.1. The Morgan fingerprint density at radius 2 is 2.19 bits per heavy atom. The molecule has 0 spiro atoms. The number of carbonyl (C=O) groups is 1. The Bertz CT molecular complexity index is 737. The second kappa shape index (κ2) is 6.25. The van der Waals surface area contributed by atoms with Gasteiger partial charge in [-0.05, 0) is 36.8 Å². The van der Waals surface area contributed by atoms with Gasteiger partial charge in [0.15, 0.2) is 0 Å². The zero-order valence-corrected chi connectivity index (χ0v) is 12.1. The smallest absolute Gasteiger partial charge is 0.255 e. The molecular weight excluding hydrogens is 288 g/mol. The highest BCUT2D eigenvalue weighted by Crippen LogP contribution is 2.23.